The Morgan fingerprint density at radius 3 is 2.70 bits per heavy atom. The van der Waals surface area contributed by atoms with E-state index in [-0.39, 0.29) is 12.4 Å². The molecule has 2 N–H and O–H groups in total. The molecular formula is C21H23FN4O. The highest BCUT2D eigenvalue weighted by Crippen LogP contribution is 2.16. The van der Waals surface area contributed by atoms with Crippen molar-refractivity contribution in [1.29, 1.82) is 0 Å². The van der Waals surface area contributed by atoms with E-state index in [9.17, 15) is 4.39 Å². The Morgan fingerprint density at radius 1 is 1.07 bits per heavy atom. The SMILES string of the molecule is CN=C(NCc1ccc(F)c(COC)c1)NCc1ccnc2ccccc12. The van der Waals surface area contributed by atoms with Gasteiger partial charge >= 0.3 is 0 Å². The molecule has 0 saturated carbocycles. The zero-order valence-corrected chi connectivity index (χ0v) is 15.5. The van der Waals surface area contributed by atoms with Gasteiger partial charge in [0.2, 0.25) is 0 Å². The van der Waals surface area contributed by atoms with Gasteiger partial charge in [0.15, 0.2) is 5.96 Å². The average Bonchev–Trinajstić information content (AvgIpc) is 2.70. The molecule has 0 bridgehead atoms. The van der Waals surface area contributed by atoms with E-state index in [1.165, 1.54) is 6.07 Å². The number of methoxy groups -OCH3 is 1. The second kappa shape index (κ2) is 9.09. The van der Waals surface area contributed by atoms with E-state index in [0.29, 0.717) is 24.6 Å². The minimum atomic E-state index is -0.257. The maximum absolute atomic E-state index is 13.7. The van der Waals surface area contributed by atoms with Crippen molar-refractivity contribution in [3.8, 4) is 0 Å². The fraction of sp³-hybridized carbons (Fsp3) is 0.238. The van der Waals surface area contributed by atoms with Crippen LogP contribution in [-0.2, 0) is 24.4 Å². The summed E-state index contributed by atoms with van der Waals surface area (Å²) in [6.07, 6.45) is 1.81. The fourth-order valence-corrected chi connectivity index (χ4v) is 2.90. The lowest BCUT2D eigenvalue weighted by atomic mass is 10.1. The van der Waals surface area contributed by atoms with Crippen molar-refractivity contribution in [2.24, 2.45) is 4.99 Å². The number of fused-ring (bicyclic) bond motifs is 1. The fourth-order valence-electron chi connectivity index (χ4n) is 2.90. The van der Waals surface area contributed by atoms with E-state index in [2.05, 4.69) is 26.7 Å². The van der Waals surface area contributed by atoms with E-state index >= 15 is 0 Å². The van der Waals surface area contributed by atoms with Gasteiger partial charge in [0.25, 0.3) is 0 Å². The standard InChI is InChI=1S/C21H23FN4O/c1-23-21(25-12-15-7-8-19(22)17(11-15)14-27-2)26-13-16-9-10-24-20-6-4-3-5-18(16)20/h3-11H,12-14H2,1-2H3,(H2,23,25,26). The summed E-state index contributed by atoms with van der Waals surface area (Å²) in [6.45, 7) is 1.41. The molecule has 0 amide bonds. The number of para-hydroxylation sites is 1. The molecule has 140 valence electrons. The molecule has 0 aliphatic rings. The third-order valence-electron chi connectivity index (χ3n) is 4.28. The highest BCUT2D eigenvalue weighted by Gasteiger charge is 2.06. The van der Waals surface area contributed by atoms with Gasteiger partial charge in [-0.1, -0.05) is 24.3 Å². The molecule has 0 atom stereocenters. The number of halogens is 1. The molecule has 1 aromatic heterocycles. The van der Waals surface area contributed by atoms with E-state index in [1.54, 1.807) is 26.3 Å². The monoisotopic (exact) mass is 366 g/mol. The van der Waals surface area contributed by atoms with Gasteiger partial charge < -0.3 is 15.4 Å². The molecule has 3 rings (SSSR count). The zero-order valence-electron chi connectivity index (χ0n) is 15.5. The predicted octanol–water partition coefficient (Wildman–Crippen LogP) is 3.39. The smallest absolute Gasteiger partial charge is 0.191 e. The number of nitrogens with zero attached hydrogens (tertiary/aromatic N) is 2. The first kappa shape index (κ1) is 18.8. The maximum atomic E-state index is 13.7. The molecule has 6 heteroatoms. The quantitative estimate of drug-likeness (QED) is 0.519. The van der Waals surface area contributed by atoms with Crippen LogP contribution in [0.1, 0.15) is 16.7 Å². The number of hydrogen-bond acceptors (Lipinski definition) is 3. The first-order chi connectivity index (χ1) is 13.2. The van der Waals surface area contributed by atoms with Crippen molar-refractivity contribution in [3.05, 3.63) is 77.2 Å². The van der Waals surface area contributed by atoms with Crippen LogP contribution in [0.4, 0.5) is 4.39 Å². The third-order valence-corrected chi connectivity index (χ3v) is 4.28. The van der Waals surface area contributed by atoms with E-state index in [1.807, 2.05) is 30.5 Å². The van der Waals surface area contributed by atoms with Gasteiger partial charge in [-0.15, -0.1) is 0 Å². The summed E-state index contributed by atoms with van der Waals surface area (Å²) in [6, 6.07) is 15.1. The second-order valence-corrected chi connectivity index (χ2v) is 6.13. The van der Waals surface area contributed by atoms with Gasteiger partial charge in [0.1, 0.15) is 5.82 Å². The van der Waals surface area contributed by atoms with Crippen LogP contribution in [0, 0.1) is 5.82 Å². The lowest BCUT2D eigenvalue weighted by molar-refractivity contribution is 0.181. The summed E-state index contributed by atoms with van der Waals surface area (Å²) in [7, 11) is 3.28. The summed E-state index contributed by atoms with van der Waals surface area (Å²) < 4.78 is 18.7. The molecular weight excluding hydrogens is 343 g/mol. The number of benzene rings is 2. The Bertz CT molecular complexity index is 937. The Morgan fingerprint density at radius 2 is 1.89 bits per heavy atom. The number of ether oxygens (including phenoxy) is 1. The molecule has 5 nitrogen and oxygen atoms in total. The minimum Gasteiger partial charge on any atom is -0.380 e. The Balaban J connectivity index is 1.62. The van der Waals surface area contributed by atoms with E-state index < -0.39 is 0 Å². The van der Waals surface area contributed by atoms with Crippen molar-refractivity contribution in [3.63, 3.8) is 0 Å². The van der Waals surface area contributed by atoms with Gasteiger partial charge in [0, 0.05) is 44.4 Å². The lowest BCUT2D eigenvalue weighted by Gasteiger charge is -2.14. The topological polar surface area (TPSA) is 58.5 Å². The van der Waals surface area contributed by atoms with Gasteiger partial charge in [-0.25, -0.2) is 4.39 Å². The number of hydrogen-bond donors (Lipinski definition) is 2. The molecule has 0 aliphatic carbocycles. The molecule has 2 aromatic carbocycles. The zero-order chi connectivity index (χ0) is 19.1. The molecule has 0 aliphatic heterocycles. The average molecular weight is 366 g/mol. The molecule has 0 unspecified atom stereocenters. The normalized spacial score (nSPS) is 11.6. The first-order valence-electron chi connectivity index (χ1n) is 8.74. The number of nitrogens with one attached hydrogen (secondary N) is 2. The van der Waals surface area contributed by atoms with Crippen LogP contribution in [0.25, 0.3) is 10.9 Å². The largest absolute Gasteiger partial charge is 0.380 e. The van der Waals surface area contributed by atoms with Gasteiger partial charge in [-0.2, -0.15) is 0 Å². The van der Waals surface area contributed by atoms with Gasteiger partial charge in [-0.05, 0) is 35.4 Å². The lowest BCUT2D eigenvalue weighted by Crippen LogP contribution is -2.36. The number of aromatic nitrogens is 1. The van der Waals surface area contributed by atoms with Crippen molar-refractivity contribution in [2.75, 3.05) is 14.2 Å². The van der Waals surface area contributed by atoms with Gasteiger partial charge in [0.05, 0.1) is 12.1 Å². The predicted molar refractivity (Wildman–Crippen MR) is 106 cm³/mol. The first-order valence-corrected chi connectivity index (χ1v) is 8.74. The highest BCUT2D eigenvalue weighted by molar-refractivity contribution is 5.83. The molecule has 27 heavy (non-hydrogen) atoms. The van der Waals surface area contributed by atoms with Crippen LogP contribution < -0.4 is 10.6 Å². The maximum Gasteiger partial charge on any atom is 0.191 e. The van der Waals surface area contributed by atoms with Crippen LogP contribution in [0.15, 0.2) is 59.7 Å². The van der Waals surface area contributed by atoms with Crippen LogP contribution >= 0.6 is 0 Å². The van der Waals surface area contributed by atoms with Crippen molar-refractivity contribution < 1.29 is 9.13 Å². The molecule has 0 spiro atoms. The molecule has 0 radical (unpaired) electrons. The van der Waals surface area contributed by atoms with Crippen LogP contribution in [0.5, 0.6) is 0 Å². The Kier molecular flexibility index (Phi) is 6.33. The summed E-state index contributed by atoms with van der Waals surface area (Å²) >= 11 is 0. The Labute approximate surface area is 158 Å². The molecule has 0 saturated heterocycles. The summed E-state index contributed by atoms with van der Waals surface area (Å²) in [5, 5.41) is 7.68. The highest BCUT2D eigenvalue weighted by atomic mass is 19.1. The van der Waals surface area contributed by atoms with E-state index in [4.69, 9.17) is 4.74 Å². The Hall–Kier alpha value is -2.99. The van der Waals surface area contributed by atoms with Crippen molar-refractivity contribution in [2.45, 2.75) is 19.7 Å². The minimum absolute atomic E-state index is 0.252. The number of pyridine rings is 1. The molecule has 0 fully saturated rings. The second-order valence-electron chi connectivity index (χ2n) is 6.13. The summed E-state index contributed by atoms with van der Waals surface area (Å²) in [5.74, 6) is 0.418. The van der Waals surface area contributed by atoms with Gasteiger partial charge in [-0.3, -0.25) is 9.98 Å². The summed E-state index contributed by atoms with van der Waals surface area (Å²) in [5.41, 5.74) is 3.62. The van der Waals surface area contributed by atoms with Crippen molar-refractivity contribution >= 4 is 16.9 Å². The molecule has 3 aromatic rings. The molecule has 1 heterocycles. The number of guanidine groups is 1. The van der Waals surface area contributed by atoms with Crippen LogP contribution in [0.3, 0.4) is 0 Å². The summed E-state index contributed by atoms with van der Waals surface area (Å²) in [4.78, 5) is 8.64. The third kappa shape index (κ3) is 4.80. The number of rotatable bonds is 6. The van der Waals surface area contributed by atoms with E-state index in [0.717, 1.165) is 22.0 Å². The van der Waals surface area contributed by atoms with Crippen LogP contribution in [-0.4, -0.2) is 25.1 Å². The van der Waals surface area contributed by atoms with Crippen LogP contribution in [0.2, 0.25) is 0 Å². The van der Waals surface area contributed by atoms with Crippen molar-refractivity contribution in [1.82, 2.24) is 15.6 Å². The number of aliphatic imine (C=N–C) groups is 1.